The zero-order valence-electron chi connectivity index (χ0n) is 6.81. The summed E-state index contributed by atoms with van der Waals surface area (Å²) in [4.78, 5) is 14.2. The average molecular weight is 284 g/mol. The van der Waals surface area contributed by atoms with Gasteiger partial charge in [-0.25, -0.2) is 13.8 Å². The molecule has 2 nitrogen and oxygen atoms in total. The van der Waals surface area contributed by atoms with Crippen molar-refractivity contribution < 1.29 is 13.6 Å². The highest BCUT2D eigenvalue weighted by Crippen LogP contribution is 2.28. The lowest BCUT2D eigenvalue weighted by molar-refractivity contribution is 0.111. The summed E-state index contributed by atoms with van der Waals surface area (Å²) in [6.07, 6.45) is -2.25. The van der Waals surface area contributed by atoms with Crippen molar-refractivity contribution in [3.63, 3.8) is 0 Å². The highest BCUT2D eigenvalue weighted by molar-refractivity contribution is 9.08. The Morgan fingerprint density at radius 3 is 2.71 bits per heavy atom. The molecule has 0 saturated heterocycles. The Kier molecular flexibility index (Phi) is 3.95. The molecule has 0 atom stereocenters. The number of halogens is 4. The van der Waals surface area contributed by atoms with Crippen LogP contribution in [0.1, 0.15) is 28.0 Å². The Balaban J connectivity index is 3.39. The first-order chi connectivity index (χ1) is 6.60. The van der Waals surface area contributed by atoms with Gasteiger partial charge in [0.25, 0.3) is 6.43 Å². The van der Waals surface area contributed by atoms with Gasteiger partial charge in [0.1, 0.15) is 10.8 Å². The lowest BCUT2D eigenvalue weighted by Crippen LogP contribution is -2.01. The Morgan fingerprint density at radius 2 is 2.29 bits per heavy atom. The van der Waals surface area contributed by atoms with Crippen LogP contribution in [0.2, 0.25) is 5.15 Å². The molecule has 0 spiro atoms. The van der Waals surface area contributed by atoms with Crippen LogP contribution < -0.4 is 0 Å². The summed E-state index contributed by atoms with van der Waals surface area (Å²) in [6, 6.07) is 1.07. The molecular weight excluding hydrogens is 279 g/mol. The molecule has 1 aromatic heterocycles. The van der Waals surface area contributed by atoms with Crippen LogP contribution >= 0.6 is 27.5 Å². The first kappa shape index (κ1) is 11.5. The fourth-order valence-corrected chi connectivity index (χ4v) is 1.84. The van der Waals surface area contributed by atoms with Gasteiger partial charge in [0.2, 0.25) is 0 Å². The van der Waals surface area contributed by atoms with Crippen LogP contribution in [0, 0.1) is 0 Å². The van der Waals surface area contributed by atoms with E-state index in [1.807, 2.05) is 0 Å². The molecule has 0 N–H and O–H groups in total. The molecule has 0 unspecified atom stereocenters. The first-order valence-corrected chi connectivity index (χ1v) is 5.08. The van der Waals surface area contributed by atoms with E-state index in [9.17, 15) is 13.6 Å². The van der Waals surface area contributed by atoms with Crippen molar-refractivity contribution in [1.29, 1.82) is 0 Å². The van der Waals surface area contributed by atoms with Crippen molar-refractivity contribution in [2.45, 2.75) is 11.8 Å². The van der Waals surface area contributed by atoms with Gasteiger partial charge >= 0.3 is 0 Å². The molecule has 76 valence electrons. The van der Waals surface area contributed by atoms with Gasteiger partial charge in [0, 0.05) is 16.5 Å². The van der Waals surface area contributed by atoms with E-state index in [1.54, 1.807) is 0 Å². The van der Waals surface area contributed by atoms with Crippen molar-refractivity contribution in [2.24, 2.45) is 0 Å². The molecule has 1 rings (SSSR count). The summed E-state index contributed by atoms with van der Waals surface area (Å²) in [5.41, 5.74) is -0.131. The molecule has 0 fully saturated rings. The second-order valence-corrected chi connectivity index (χ2v) is 3.40. The predicted octanol–water partition coefficient (Wildman–Crippen LogP) is 3.38. The molecule has 14 heavy (non-hydrogen) atoms. The molecule has 0 aromatic carbocycles. The van der Waals surface area contributed by atoms with Gasteiger partial charge in [0.15, 0.2) is 6.29 Å². The second kappa shape index (κ2) is 4.79. The quantitative estimate of drug-likeness (QED) is 0.484. The molecule has 0 amide bonds. The number of nitrogens with zero attached hydrogens (tertiary/aromatic N) is 1. The Bertz CT molecular complexity index is 359. The van der Waals surface area contributed by atoms with Crippen LogP contribution in [0.25, 0.3) is 0 Å². The van der Waals surface area contributed by atoms with Crippen molar-refractivity contribution in [1.82, 2.24) is 4.98 Å². The van der Waals surface area contributed by atoms with Crippen molar-refractivity contribution in [3.05, 3.63) is 28.0 Å². The smallest absolute Gasteiger partial charge is 0.264 e. The number of aldehydes is 1. The maximum Gasteiger partial charge on any atom is 0.264 e. The molecule has 1 aromatic rings. The van der Waals surface area contributed by atoms with Gasteiger partial charge in [-0.15, -0.1) is 0 Å². The number of hydrogen-bond acceptors (Lipinski definition) is 2. The summed E-state index contributed by atoms with van der Waals surface area (Å²) < 4.78 is 25.0. The Labute approximate surface area is 92.4 Å². The fourth-order valence-electron chi connectivity index (χ4n) is 1.02. The number of carbonyl (C=O) groups excluding carboxylic acids is 1. The third kappa shape index (κ3) is 2.27. The number of alkyl halides is 3. The minimum absolute atomic E-state index is 0.0512. The van der Waals surface area contributed by atoms with E-state index in [2.05, 4.69) is 20.9 Å². The van der Waals surface area contributed by atoms with Crippen LogP contribution in [-0.4, -0.2) is 11.3 Å². The van der Waals surface area contributed by atoms with Crippen LogP contribution in [0.15, 0.2) is 6.07 Å². The van der Waals surface area contributed by atoms with Crippen molar-refractivity contribution in [2.75, 3.05) is 0 Å². The van der Waals surface area contributed by atoms with Crippen LogP contribution in [0.4, 0.5) is 8.78 Å². The van der Waals surface area contributed by atoms with Gasteiger partial charge in [-0.3, -0.25) is 4.79 Å². The largest absolute Gasteiger partial charge is 0.296 e. The SMILES string of the molecule is O=Cc1nc(Cl)cc(C(F)F)c1CBr. The monoisotopic (exact) mass is 283 g/mol. The summed E-state index contributed by atoms with van der Waals surface area (Å²) in [5, 5.41) is 0.0392. The lowest BCUT2D eigenvalue weighted by atomic mass is 10.1. The lowest BCUT2D eigenvalue weighted by Gasteiger charge is -2.08. The maximum absolute atomic E-state index is 12.5. The Morgan fingerprint density at radius 1 is 1.64 bits per heavy atom. The maximum atomic E-state index is 12.5. The van der Waals surface area contributed by atoms with Crippen LogP contribution in [-0.2, 0) is 5.33 Å². The summed E-state index contributed by atoms with van der Waals surface area (Å²) in [7, 11) is 0. The van der Waals surface area contributed by atoms with E-state index >= 15 is 0 Å². The molecule has 1 heterocycles. The van der Waals surface area contributed by atoms with Gasteiger partial charge in [0.05, 0.1) is 0 Å². The summed E-state index contributed by atoms with van der Waals surface area (Å²) in [6.45, 7) is 0. The van der Waals surface area contributed by atoms with Crippen molar-refractivity contribution >= 4 is 33.8 Å². The third-order valence-electron chi connectivity index (χ3n) is 1.64. The van der Waals surface area contributed by atoms with Crippen LogP contribution in [0.3, 0.4) is 0 Å². The van der Waals surface area contributed by atoms with Crippen LogP contribution in [0.5, 0.6) is 0 Å². The molecule has 0 radical (unpaired) electrons. The average Bonchev–Trinajstić information content (AvgIpc) is 2.16. The van der Waals surface area contributed by atoms with Gasteiger partial charge in [-0.1, -0.05) is 27.5 Å². The topological polar surface area (TPSA) is 30.0 Å². The number of carbonyl (C=O) groups is 1. The minimum Gasteiger partial charge on any atom is -0.296 e. The predicted molar refractivity (Wildman–Crippen MR) is 52.2 cm³/mol. The van der Waals surface area contributed by atoms with E-state index in [0.717, 1.165) is 6.07 Å². The van der Waals surface area contributed by atoms with Gasteiger partial charge in [-0.05, 0) is 6.07 Å². The second-order valence-electron chi connectivity index (χ2n) is 2.45. The van der Waals surface area contributed by atoms with E-state index in [4.69, 9.17) is 11.6 Å². The van der Waals surface area contributed by atoms with E-state index < -0.39 is 6.43 Å². The highest BCUT2D eigenvalue weighted by atomic mass is 79.9. The molecule has 0 bridgehead atoms. The number of aromatic nitrogens is 1. The van der Waals surface area contributed by atoms with Crippen molar-refractivity contribution in [3.8, 4) is 0 Å². The fraction of sp³-hybridized carbons (Fsp3) is 0.250. The molecule has 0 aliphatic rings. The number of rotatable bonds is 3. The molecule has 0 aliphatic carbocycles. The van der Waals surface area contributed by atoms with E-state index in [1.165, 1.54) is 0 Å². The summed E-state index contributed by atoms with van der Waals surface area (Å²) in [5.74, 6) is 0. The zero-order chi connectivity index (χ0) is 10.7. The standard InChI is InChI=1S/C8H5BrClF2NO/c9-2-5-4(8(11)12)1-7(10)13-6(5)3-14/h1,3,8H,2H2. The first-order valence-electron chi connectivity index (χ1n) is 3.58. The van der Waals surface area contributed by atoms with Gasteiger partial charge < -0.3 is 0 Å². The molecule has 0 aliphatic heterocycles. The highest BCUT2D eigenvalue weighted by Gasteiger charge is 2.17. The minimum atomic E-state index is -2.67. The number of hydrogen-bond donors (Lipinski definition) is 0. The molecule has 6 heteroatoms. The molecule has 0 saturated carbocycles. The van der Waals surface area contributed by atoms with E-state index in [-0.39, 0.29) is 27.3 Å². The number of pyridine rings is 1. The molecular formula is C8H5BrClF2NO. The summed E-state index contributed by atoms with van der Waals surface area (Å²) >= 11 is 8.50. The van der Waals surface area contributed by atoms with E-state index in [0.29, 0.717) is 6.29 Å². The zero-order valence-corrected chi connectivity index (χ0v) is 9.15. The Hall–Kier alpha value is -0.550. The third-order valence-corrected chi connectivity index (χ3v) is 2.39. The normalized spacial score (nSPS) is 10.6. The van der Waals surface area contributed by atoms with Gasteiger partial charge in [-0.2, -0.15) is 0 Å².